The van der Waals surface area contributed by atoms with Crippen molar-refractivity contribution in [2.45, 2.75) is 20.4 Å². The first-order valence-electron chi connectivity index (χ1n) is 10.7. The number of hydrogen-bond donors (Lipinski definition) is 1. The van der Waals surface area contributed by atoms with Crippen molar-refractivity contribution in [1.82, 2.24) is 9.88 Å². The van der Waals surface area contributed by atoms with E-state index in [2.05, 4.69) is 18.0 Å². The van der Waals surface area contributed by atoms with Crippen LogP contribution in [-0.4, -0.2) is 10.5 Å². The lowest BCUT2D eigenvalue weighted by Crippen LogP contribution is -2.21. The van der Waals surface area contributed by atoms with Crippen LogP contribution >= 0.6 is 0 Å². The first-order valence-corrected chi connectivity index (χ1v) is 10.7. The number of aromatic nitrogens is 1. The van der Waals surface area contributed by atoms with Crippen LogP contribution < -0.4 is 15.6 Å². The fourth-order valence-corrected chi connectivity index (χ4v) is 4.02. The molecule has 33 heavy (non-hydrogen) atoms. The molecule has 0 aliphatic heterocycles. The lowest BCUT2D eigenvalue weighted by atomic mass is 9.95. The van der Waals surface area contributed by atoms with Gasteiger partial charge in [0, 0.05) is 36.3 Å². The zero-order valence-electron chi connectivity index (χ0n) is 19.0. The number of nitrogens with one attached hydrogen (secondary N) is 1. The van der Waals surface area contributed by atoms with E-state index in [4.69, 9.17) is 4.74 Å². The standard InChI is InChI=1S/C28H26N2O3/c1-5-26(31)29-16-20-9-8-12-25(33-24-14-13-18(2)15-19(24)3)27(20)23-17-30(4)28(32)22-11-7-6-10-21(22)23/h5-15,17H,1,16H2,2-4H3,(H,29,31). The predicted molar refractivity (Wildman–Crippen MR) is 133 cm³/mol. The summed E-state index contributed by atoms with van der Waals surface area (Å²) >= 11 is 0. The number of amides is 1. The molecule has 4 aromatic rings. The molecule has 0 aliphatic carbocycles. The van der Waals surface area contributed by atoms with Crippen LogP contribution in [0.25, 0.3) is 21.9 Å². The molecule has 0 saturated carbocycles. The maximum absolute atomic E-state index is 12.8. The second kappa shape index (κ2) is 9.17. The van der Waals surface area contributed by atoms with Crippen LogP contribution in [0.4, 0.5) is 0 Å². The number of carbonyl (C=O) groups is 1. The third-order valence-electron chi connectivity index (χ3n) is 5.66. The fraction of sp³-hybridized carbons (Fsp3) is 0.143. The van der Waals surface area contributed by atoms with Crippen molar-refractivity contribution < 1.29 is 9.53 Å². The Morgan fingerprint density at radius 1 is 1.03 bits per heavy atom. The maximum atomic E-state index is 12.8. The Labute approximate surface area is 193 Å². The van der Waals surface area contributed by atoms with Gasteiger partial charge < -0.3 is 14.6 Å². The van der Waals surface area contributed by atoms with Crippen molar-refractivity contribution in [3.05, 3.63) is 107 Å². The number of hydrogen-bond acceptors (Lipinski definition) is 3. The molecule has 166 valence electrons. The van der Waals surface area contributed by atoms with E-state index in [1.54, 1.807) is 11.6 Å². The second-order valence-corrected chi connectivity index (χ2v) is 8.09. The Morgan fingerprint density at radius 2 is 1.79 bits per heavy atom. The molecule has 0 unspecified atom stereocenters. The zero-order valence-corrected chi connectivity index (χ0v) is 19.0. The van der Waals surface area contributed by atoms with Crippen molar-refractivity contribution in [3.63, 3.8) is 0 Å². The van der Waals surface area contributed by atoms with Crippen LogP contribution in [0.15, 0.2) is 84.3 Å². The van der Waals surface area contributed by atoms with Crippen LogP contribution in [0.2, 0.25) is 0 Å². The second-order valence-electron chi connectivity index (χ2n) is 8.09. The van der Waals surface area contributed by atoms with Gasteiger partial charge in [-0.25, -0.2) is 0 Å². The van der Waals surface area contributed by atoms with E-state index in [-0.39, 0.29) is 11.5 Å². The van der Waals surface area contributed by atoms with Crippen molar-refractivity contribution >= 4 is 16.7 Å². The highest BCUT2D eigenvalue weighted by Crippen LogP contribution is 2.39. The van der Waals surface area contributed by atoms with Gasteiger partial charge in [-0.05, 0) is 54.6 Å². The van der Waals surface area contributed by atoms with Gasteiger partial charge in [0.15, 0.2) is 0 Å². The topological polar surface area (TPSA) is 60.3 Å². The van der Waals surface area contributed by atoms with E-state index >= 15 is 0 Å². The summed E-state index contributed by atoms with van der Waals surface area (Å²) in [5.41, 5.74) is 4.67. The van der Waals surface area contributed by atoms with Crippen LogP contribution in [-0.2, 0) is 18.4 Å². The van der Waals surface area contributed by atoms with Crippen LogP contribution in [0.3, 0.4) is 0 Å². The number of nitrogens with zero attached hydrogens (tertiary/aromatic N) is 1. The van der Waals surface area contributed by atoms with Gasteiger partial charge in [0.1, 0.15) is 11.5 Å². The molecular formula is C28H26N2O3. The van der Waals surface area contributed by atoms with E-state index in [9.17, 15) is 9.59 Å². The summed E-state index contributed by atoms with van der Waals surface area (Å²) < 4.78 is 8.00. The lowest BCUT2D eigenvalue weighted by Gasteiger charge is -2.19. The number of ether oxygens (including phenoxy) is 1. The molecule has 0 radical (unpaired) electrons. The summed E-state index contributed by atoms with van der Waals surface area (Å²) in [7, 11) is 1.74. The monoisotopic (exact) mass is 438 g/mol. The number of benzene rings is 3. The molecule has 0 atom stereocenters. The zero-order chi connectivity index (χ0) is 23.5. The Bertz CT molecular complexity index is 1430. The van der Waals surface area contributed by atoms with E-state index in [0.717, 1.165) is 39.0 Å². The summed E-state index contributed by atoms with van der Waals surface area (Å²) in [4.78, 5) is 24.7. The van der Waals surface area contributed by atoms with E-state index in [1.807, 2.05) is 74.6 Å². The first-order chi connectivity index (χ1) is 15.9. The lowest BCUT2D eigenvalue weighted by molar-refractivity contribution is -0.116. The molecule has 5 heteroatoms. The predicted octanol–water partition coefficient (Wildman–Crippen LogP) is 5.42. The summed E-state index contributed by atoms with van der Waals surface area (Å²) in [5, 5.41) is 4.31. The van der Waals surface area contributed by atoms with Crippen molar-refractivity contribution in [2.24, 2.45) is 7.05 Å². The molecule has 1 N–H and O–H groups in total. The number of aryl methyl sites for hydroxylation is 3. The quantitative estimate of drug-likeness (QED) is 0.409. The SMILES string of the molecule is C=CC(=O)NCc1cccc(Oc2ccc(C)cc2C)c1-c1cn(C)c(=O)c2ccccc12. The molecule has 1 heterocycles. The molecule has 1 amide bonds. The Hall–Kier alpha value is -4.12. The van der Waals surface area contributed by atoms with E-state index in [1.165, 1.54) is 6.08 Å². The highest BCUT2D eigenvalue weighted by molar-refractivity contribution is 5.98. The number of rotatable bonds is 6. The van der Waals surface area contributed by atoms with Gasteiger partial charge in [-0.2, -0.15) is 0 Å². The molecule has 0 aliphatic rings. The van der Waals surface area contributed by atoms with Gasteiger partial charge in [-0.3, -0.25) is 9.59 Å². The molecule has 0 spiro atoms. The Morgan fingerprint density at radius 3 is 2.52 bits per heavy atom. The summed E-state index contributed by atoms with van der Waals surface area (Å²) in [6, 6.07) is 19.3. The summed E-state index contributed by atoms with van der Waals surface area (Å²) in [5.74, 6) is 1.14. The van der Waals surface area contributed by atoms with Gasteiger partial charge in [0.2, 0.25) is 5.91 Å². The Balaban J connectivity index is 1.96. The molecule has 1 aromatic heterocycles. The molecule has 5 nitrogen and oxygen atoms in total. The molecule has 3 aromatic carbocycles. The molecule has 0 bridgehead atoms. The summed E-state index contributed by atoms with van der Waals surface area (Å²) in [6.45, 7) is 7.88. The number of fused-ring (bicyclic) bond motifs is 1. The normalized spacial score (nSPS) is 10.8. The number of pyridine rings is 1. The van der Waals surface area contributed by atoms with E-state index < -0.39 is 0 Å². The van der Waals surface area contributed by atoms with Crippen molar-refractivity contribution in [2.75, 3.05) is 0 Å². The average Bonchev–Trinajstić information content (AvgIpc) is 2.82. The van der Waals surface area contributed by atoms with Gasteiger partial charge in [0.05, 0.1) is 0 Å². The highest BCUT2D eigenvalue weighted by Gasteiger charge is 2.18. The van der Waals surface area contributed by atoms with Crippen molar-refractivity contribution in [1.29, 1.82) is 0 Å². The van der Waals surface area contributed by atoms with Gasteiger partial charge >= 0.3 is 0 Å². The van der Waals surface area contributed by atoms with E-state index in [0.29, 0.717) is 17.7 Å². The summed E-state index contributed by atoms with van der Waals surface area (Å²) in [6.07, 6.45) is 3.07. The largest absolute Gasteiger partial charge is 0.456 e. The smallest absolute Gasteiger partial charge is 0.258 e. The first kappa shape index (κ1) is 22.1. The van der Waals surface area contributed by atoms with Crippen molar-refractivity contribution in [3.8, 4) is 22.6 Å². The van der Waals surface area contributed by atoms with Gasteiger partial charge in [-0.1, -0.05) is 54.6 Å². The third-order valence-corrected chi connectivity index (χ3v) is 5.66. The van der Waals surface area contributed by atoms with Gasteiger partial charge in [0.25, 0.3) is 5.56 Å². The maximum Gasteiger partial charge on any atom is 0.258 e. The molecule has 4 rings (SSSR count). The average molecular weight is 439 g/mol. The highest BCUT2D eigenvalue weighted by atomic mass is 16.5. The minimum absolute atomic E-state index is 0.0661. The number of carbonyl (C=O) groups excluding carboxylic acids is 1. The minimum atomic E-state index is -0.257. The minimum Gasteiger partial charge on any atom is -0.456 e. The molecular weight excluding hydrogens is 412 g/mol. The molecule has 0 saturated heterocycles. The van der Waals surface area contributed by atoms with Crippen LogP contribution in [0, 0.1) is 13.8 Å². The van der Waals surface area contributed by atoms with Crippen LogP contribution in [0.1, 0.15) is 16.7 Å². The fourth-order valence-electron chi connectivity index (χ4n) is 4.02. The Kier molecular flexibility index (Phi) is 6.13. The molecule has 0 fully saturated rings. The van der Waals surface area contributed by atoms with Crippen LogP contribution in [0.5, 0.6) is 11.5 Å². The third kappa shape index (κ3) is 4.44. The van der Waals surface area contributed by atoms with Gasteiger partial charge in [-0.15, -0.1) is 0 Å².